The fourth-order valence-electron chi connectivity index (χ4n) is 3.87. The monoisotopic (exact) mass is 361 g/mol. The number of amides is 1. The van der Waals surface area contributed by atoms with Crippen molar-refractivity contribution < 1.29 is 4.79 Å². The summed E-state index contributed by atoms with van der Waals surface area (Å²) in [6.07, 6.45) is 3.90. The summed E-state index contributed by atoms with van der Waals surface area (Å²) in [6, 6.07) is 17.7. The van der Waals surface area contributed by atoms with E-state index in [0.29, 0.717) is 22.9 Å². The molecular formula is C22H23N3O2. The number of aromatic amines is 1. The molecule has 2 aromatic carbocycles. The molecule has 1 aliphatic rings. The van der Waals surface area contributed by atoms with Crippen molar-refractivity contribution in [2.24, 2.45) is 0 Å². The Hall–Kier alpha value is -2.92. The number of pyridine rings is 1. The Bertz CT molecular complexity index is 991. The summed E-state index contributed by atoms with van der Waals surface area (Å²) in [6.45, 7) is 2.64. The largest absolute Gasteiger partial charge is 0.350 e. The highest BCUT2D eigenvalue weighted by molar-refractivity contribution is 6.06. The summed E-state index contributed by atoms with van der Waals surface area (Å²) < 4.78 is 0. The number of hydrogen-bond acceptors (Lipinski definition) is 3. The zero-order valence-corrected chi connectivity index (χ0v) is 15.2. The van der Waals surface area contributed by atoms with E-state index in [0.717, 1.165) is 13.1 Å². The molecule has 1 saturated heterocycles. The van der Waals surface area contributed by atoms with Crippen molar-refractivity contribution in [3.8, 4) is 0 Å². The summed E-state index contributed by atoms with van der Waals surface area (Å²) in [7, 11) is 0. The van der Waals surface area contributed by atoms with Crippen molar-refractivity contribution in [3.05, 3.63) is 82.3 Å². The van der Waals surface area contributed by atoms with E-state index in [4.69, 9.17) is 0 Å². The summed E-state index contributed by atoms with van der Waals surface area (Å²) in [5, 5.41) is 4.29. The smallest absolute Gasteiger partial charge is 0.255 e. The number of nitrogens with zero attached hydrogens (tertiary/aromatic N) is 1. The second-order valence-corrected chi connectivity index (χ2v) is 6.96. The molecule has 5 nitrogen and oxygen atoms in total. The van der Waals surface area contributed by atoms with Crippen LogP contribution in [0.5, 0.6) is 0 Å². The Labute approximate surface area is 158 Å². The highest BCUT2D eigenvalue weighted by Crippen LogP contribution is 2.24. The molecule has 2 heterocycles. The van der Waals surface area contributed by atoms with Gasteiger partial charge in [-0.1, -0.05) is 48.5 Å². The van der Waals surface area contributed by atoms with Gasteiger partial charge in [-0.05, 0) is 37.6 Å². The lowest BCUT2D eigenvalue weighted by Gasteiger charge is -2.28. The summed E-state index contributed by atoms with van der Waals surface area (Å²) in [4.78, 5) is 30.0. The Balaban J connectivity index is 1.57. The van der Waals surface area contributed by atoms with Crippen molar-refractivity contribution in [2.45, 2.75) is 18.9 Å². The topological polar surface area (TPSA) is 65.2 Å². The number of nitrogens with one attached hydrogen (secondary N) is 2. The first-order valence-corrected chi connectivity index (χ1v) is 9.41. The molecule has 0 aliphatic carbocycles. The highest BCUT2D eigenvalue weighted by Gasteiger charge is 2.24. The summed E-state index contributed by atoms with van der Waals surface area (Å²) in [5.74, 6) is -0.164. The molecule has 27 heavy (non-hydrogen) atoms. The second kappa shape index (κ2) is 7.76. The van der Waals surface area contributed by atoms with Crippen LogP contribution in [0.25, 0.3) is 10.8 Å². The van der Waals surface area contributed by atoms with Crippen molar-refractivity contribution in [2.75, 3.05) is 19.6 Å². The van der Waals surface area contributed by atoms with E-state index in [2.05, 4.69) is 27.3 Å². The van der Waals surface area contributed by atoms with E-state index in [9.17, 15) is 9.59 Å². The summed E-state index contributed by atoms with van der Waals surface area (Å²) >= 11 is 0. The van der Waals surface area contributed by atoms with Gasteiger partial charge < -0.3 is 10.3 Å². The number of aromatic nitrogens is 1. The first-order chi connectivity index (χ1) is 13.2. The highest BCUT2D eigenvalue weighted by atomic mass is 16.1. The molecule has 0 saturated carbocycles. The third kappa shape index (κ3) is 3.64. The third-order valence-electron chi connectivity index (χ3n) is 5.28. The van der Waals surface area contributed by atoms with E-state index in [1.807, 2.05) is 30.3 Å². The molecule has 0 radical (unpaired) electrons. The van der Waals surface area contributed by atoms with Crippen molar-refractivity contribution in [1.82, 2.24) is 15.2 Å². The van der Waals surface area contributed by atoms with Crippen LogP contribution in [0.3, 0.4) is 0 Å². The number of H-pyrrole nitrogens is 1. The van der Waals surface area contributed by atoms with E-state index in [-0.39, 0.29) is 17.5 Å². The van der Waals surface area contributed by atoms with Gasteiger partial charge in [-0.15, -0.1) is 0 Å². The van der Waals surface area contributed by atoms with Crippen LogP contribution in [0.2, 0.25) is 0 Å². The van der Waals surface area contributed by atoms with Gasteiger partial charge in [-0.3, -0.25) is 14.5 Å². The van der Waals surface area contributed by atoms with Crippen molar-refractivity contribution in [1.29, 1.82) is 0 Å². The van der Waals surface area contributed by atoms with Gasteiger partial charge >= 0.3 is 0 Å². The lowest BCUT2D eigenvalue weighted by Crippen LogP contribution is -2.37. The SMILES string of the molecule is O=C(NC[C@H](c1ccccc1)N1CCCC1)c1c[nH]c(=O)c2ccccc12. The van der Waals surface area contributed by atoms with Crippen LogP contribution in [-0.2, 0) is 0 Å². The normalized spacial score (nSPS) is 15.7. The molecule has 0 spiro atoms. The first kappa shape index (κ1) is 17.5. The van der Waals surface area contributed by atoms with Gasteiger partial charge in [-0.2, -0.15) is 0 Å². The maximum Gasteiger partial charge on any atom is 0.255 e. The van der Waals surface area contributed by atoms with Gasteiger partial charge in [0.15, 0.2) is 0 Å². The molecule has 0 bridgehead atoms. The Morgan fingerprint density at radius 3 is 2.41 bits per heavy atom. The van der Waals surface area contributed by atoms with Crippen LogP contribution >= 0.6 is 0 Å². The van der Waals surface area contributed by atoms with Crippen molar-refractivity contribution in [3.63, 3.8) is 0 Å². The van der Waals surface area contributed by atoms with Gasteiger partial charge in [-0.25, -0.2) is 0 Å². The quantitative estimate of drug-likeness (QED) is 0.734. The Morgan fingerprint density at radius 2 is 1.67 bits per heavy atom. The fraction of sp³-hybridized carbons (Fsp3) is 0.273. The second-order valence-electron chi connectivity index (χ2n) is 6.96. The van der Waals surface area contributed by atoms with Gasteiger partial charge in [0.25, 0.3) is 11.5 Å². The molecule has 0 unspecified atom stereocenters. The van der Waals surface area contributed by atoms with Gasteiger partial charge in [0.1, 0.15) is 0 Å². The average Bonchev–Trinajstić information content (AvgIpc) is 3.24. The number of carbonyl (C=O) groups excluding carboxylic acids is 1. The van der Waals surface area contributed by atoms with Crippen LogP contribution in [0.4, 0.5) is 0 Å². The predicted octanol–water partition coefficient (Wildman–Crippen LogP) is 3.10. The van der Waals surface area contributed by atoms with Crippen LogP contribution in [0.1, 0.15) is 34.8 Å². The van der Waals surface area contributed by atoms with Crippen molar-refractivity contribution >= 4 is 16.7 Å². The average molecular weight is 361 g/mol. The van der Waals surface area contributed by atoms with E-state index in [1.54, 1.807) is 12.1 Å². The van der Waals surface area contributed by atoms with E-state index >= 15 is 0 Å². The van der Waals surface area contributed by atoms with E-state index in [1.165, 1.54) is 24.6 Å². The number of likely N-dealkylation sites (tertiary alicyclic amines) is 1. The van der Waals surface area contributed by atoms with Crippen LogP contribution in [-0.4, -0.2) is 35.4 Å². The Morgan fingerprint density at radius 1 is 1.00 bits per heavy atom. The number of hydrogen-bond donors (Lipinski definition) is 2. The molecular weight excluding hydrogens is 338 g/mol. The fourth-order valence-corrected chi connectivity index (χ4v) is 3.87. The minimum Gasteiger partial charge on any atom is -0.350 e. The predicted molar refractivity (Wildman–Crippen MR) is 107 cm³/mol. The lowest BCUT2D eigenvalue weighted by atomic mass is 10.0. The third-order valence-corrected chi connectivity index (χ3v) is 5.28. The molecule has 1 fully saturated rings. The molecule has 2 N–H and O–H groups in total. The maximum atomic E-state index is 12.9. The molecule has 4 rings (SSSR count). The first-order valence-electron chi connectivity index (χ1n) is 9.41. The minimum absolute atomic E-state index is 0.159. The zero-order chi connectivity index (χ0) is 18.6. The number of rotatable bonds is 5. The molecule has 1 atom stereocenters. The van der Waals surface area contributed by atoms with Gasteiger partial charge in [0.2, 0.25) is 0 Å². The number of carbonyl (C=O) groups is 1. The molecule has 5 heteroatoms. The van der Waals surface area contributed by atoms with Gasteiger partial charge in [0.05, 0.1) is 11.6 Å². The maximum absolute atomic E-state index is 12.9. The van der Waals surface area contributed by atoms with Crippen LogP contribution in [0.15, 0.2) is 65.6 Å². The number of benzene rings is 2. The summed E-state index contributed by atoms with van der Waals surface area (Å²) in [5.41, 5.74) is 1.53. The molecule has 1 aromatic heterocycles. The number of fused-ring (bicyclic) bond motifs is 1. The molecule has 3 aromatic rings. The lowest BCUT2D eigenvalue weighted by molar-refractivity contribution is 0.0939. The van der Waals surface area contributed by atoms with Crippen LogP contribution < -0.4 is 10.9 Å². The molecule has 1 aliphatic heterocycles. The standard InChI is InChI=1S/C22H23N3O2/c26-21-18-11-5-4-10-17(18)19(14-23-21)22(27)24-15-20(25-12-6-7-13-25)16-8-2-1-3-9-16/h1-5,8-11,14,20H,6-7,12-13,15H2,(H,23,26)(H,24,27)/t20-/m1/s1. The van der Waals surface area contributed by atoms with E-state index < -0.39 is 0 Å². The minimum atomic E-state index is -0.179. The zero-order valence-electron chi connectivity index (χ0n) is 15.2. The Kier molecular flexibility index (Phi) is 5.03. The molecule has 1 amide bonds. The molecule has 138 valence electrons. The van der Waals surface area contributed by atoms with Gasteiger partial charge in [0, 0.05) is 23.5 Å². The van der Waals surface area contributed by atoms with Crippen LogP contribution in [0, 0.1) is 0 Å².